The Labute approximate surface area is 283 Å². The largest absolute Gasteiger partial charge is 0.494 e. The Hall–Kier alpha value is -3.42. The molecule has 1 heterocycles. The second-order valence-corrected chi connectivity index (χ2v) is 16.6. The molecule has 1 saturated carbocycles. The van der Waals surface area contributed by atoms with Crippen molar-refractivity contribution in [3.63, 3.8) is 0 Å². The van der Waals surface area contributed by atoms with Crippen molar-refractivity contribution in [1.82, 2.24) is 10.2 Å². The molecule has 1 spiro atoms. The summed E-state index contributed by atoms with van der Waals surface area (Å²) in [5.74, 6) is 1.70. The van der Waals surface area contributed by atoms with Crippen LogP contribution < -0.4 is 11.1 Å². The molecule has 258 valence electrons. The van der Waals surface area contributed by atoms with Crippen LogP contribution in [-0.2, 0) is 9.53 Å². The molecular weight excluding hydrogens is 586 g/mol. The molecule has 0 radical (unpaired) electrons. The zero-order valence-corrected chi connectivity index (χ0v) is 30.2. The van der Waals surface area contributed by atoms with E-state index in [-0.39, 0.29) is 41.1 Å². The molecule has 8 heteroatoms. The van der Waals surface area contributed by atoms with Gasteiger partial charge < -0.3 is 20.7 Å². The van der Waals surface area contributed by atoms with Crippen molar-refractivity contribution in [3.8, 4) is 0 Å². The van der Waals surface area contributed by atoms with Gasteiger partial charge in [0.25, 0.3) is 11.8 Å². The highest BCUT2D eigenvalue weighted by molar-refractivity contribution is 6.46. The van der Waals surface area contributed by atoms with Crippen LogP contribution in [0.5, 0.6) is 0 Å². The molecule has 3 aliphatic rings. The zero-order valence-electron chi connectivity index (χ0n) is 30.2. The Kier molecular flexibility index (Phi) is 11.5. The molecule has 1 fully saturated rings. The van der Waals surface area contributed by atoms with Crippen LogP contribution in [0.25, 0.3) is 0 Å². The first-order valence-corrected chi connectivity index (χ1v) is 17.7. The standard InChI is InChI=1S/C39H59N5O3/c1-26(2)27-16-20-39(21-17-27)43-34(30-10-9-11-31(24-30)47-23-22-38(6,7)8)36(46)44(39)32(18-19-37(3,4)5)28-12-14-29(15-13-28)35(45)42-25-33(40)41/h11-15,24,26-27,32H,9-10,16-23,25H2,1-8H3,(H3,40,41)(H,42,45)/t27?,32-,39?/m1/s1. The number of ether oxygens (including phenoxy) is 1. The van der Waals surface area contributed by atoms with E-state index in [1.54, 1.807) is 0 Å². The lowest BCUT2D eigenvalue weighted by atomic mass is 9.75. The number of rotatable bonds is 12. The smallest absolute Gasteiger partial charge is 0.274 e. The first-order chi connectivity index (χ1) is 22.0. The second-order valence-electron chi connectivity index (χ2n) is 16.6. The summed E-state index contributed by atoms with van der Waals surface area (Å²) in [6.45, 7) is 18.6. The van der Waals surface area contributed by atoms with Crippen LogP contribution in [0.1, 0.15) is 135 Å². The molecule has 0 bridgehead atoms. The fourth-order valence-electron chi connectivity index (χ4n) is 6.96. The normalized spacial score (nSPS) is 22.6. The number of carbonyl (C=O) groups is 2. The van der Waals surface area contributed by atoms with E-state index in [0.29, 0.717) is 29.7 Å². The van der Waals surface area contributed by atoms with Crippen molar-refractivity contribution in [2.24, 2.45) is 33.4 Å². The second kappa shape index (κ2) is 14.8. The Morgan fingerprint density at radius 3 is 2.30 bits per heavy atom. The van der Waals surface area contributed by atoms with E-state index in [4.69, 9.17) is 20.9 Å². The molecular formula is C39H59N5O3. The number of nitrogens with one attached hydrogen (secondary N) is 2. The van der Waals surface area contributed by atoms with Crippen LogP contribution in [0.2, 0.25) is 0 Å². The minimum absolute atomic E-state index is 0.00542. The van der Waals surface area contributed by atoms with Gasteiger partial charge in [0.2, 0.25) is 0 Å². The number of hydrogen-bond acceptors (Lipinski definition) is 5. The summed E-state index contributed by atoms with van der Waals surface area (Å²) in [7, 11) is 0. The predicted octanol–water partition coefficient (Wildman–Crippen LogP) is 8.10. The van der Waals surface area contributed by atoms with Crippen LogP contribution in [0, 0.1) is 28.1 Å². The predicted molar refractivity (Wildman–Crippen MR) is 191 cm³/mol. The van der Waals surface area contributed by atoms with Crippen molar-refractivity contribution in [3.05, 3.63) is 58.9 Å². The highest BCUT2D eigenvalue weighted by Gasteiger charge is 2.52. The van der Waals surface area contributed by atoms with Gasteiger partial charge in [0.15, 0.2) is 0 Å². The molecule has 47 heavy (non-hydrogen) atoms. The number of nitrogens with two attached hydrogens (primary N) is 1. The van der Waals surface area contributed by atoms with Crippen LogP contribution in [0.3, 0.4) is 0 Å². The van der Waals surface area contributed by atoms with Gasteiger partial charge in [-0.3, -0.25) is 20.0 Å². The lowest BCUT2D eigenvalue weighted by molar-refractivity contribution is -0.133. The van der Waals surface area contributed by atoms with Crippen molar-refractivity contribution in [2.45, 2.75) is 125 Å². The maximum absolute atomic E-state index is 14.8. The van der Waals surface area contributed by atoms with Gasteiger partial charge in [-0.1, -0.05) is 67.5 Å². The zero-order chi connectivity index (χ0) is 34.6. The average Bonchev–Trinajstić information content (AvgIpc) is 3.26. The van der Waals surface area contributed by atoms with Crippen molar-refractivity contribution in [2.75, 3.05) is 13.2 Å². The van der Waals surface area contributed by atoms with Crippen LogP contribution in [0.15, 0.2) is 52.7 Å². The quantitative estimate of drug-likeness (QED) is 0.157. The first kappa shape index (κ1) is 36.4. The summed E-state index contributed by atoms with van der Waals surface area (Å²) >= 11 is 0. The molecule has 1 aliphatic heterocycles. The number of allylic oxidation sites excluding steroid dienone is 2. The minimum atomic E-state index is -0.590. The van der Waals surface area contributed by atoms with Gasteiger partial charge in [-0.2, -0.15) is 0 Å². The van der Waals surface area contributed by atoms with Gasteiger partial charge in [-0.15, -0.1) is 0 Å². The minimum Gasteiger partial charge on any atom is -0.494 e. The average molecular weight is 646 g/mol. The Bertz CT molecular complexity index is 1380. The number of amidine groups is 1. The molecule has 4 rings (SSSR count). The molecule has 2 amide bonds. The summed E-state index contributed by atoms with van der Waals surface area (Å²) < 4.78 is 6.20. The summed E-state index contributed by atoms with van der Waals surface area (Å²) in [4.78, 5) is 35.1. The molecule has 4 N–H and O–H groups in total. The third-order valence-electron chi connectivity index (χ3n) is 9.94. The monoisotopic (exact) mass is 645 g/mol. The fraction of sp³-hybridized carbons (Fsp3) is 0.641. The summed E-state index contributed by atoms with van der Waals surface area (Å²) in [5, 5.41) is 10.1. The number of aliphatic imine (C=N–C) groups is 1. The number of hydrogen-bond donors (Lipinski definition) is 3. The van der Waals surface area contributed by atoms with Gasteiger partial charge in [0.1, 0.15) is 23.0 Å². The third-order valence-corrected chi connectivity index (χ3v) is 9.94. The van der Waals surface area contributed by atoms with E-state index >= 15 is 0 Å². The SMILES string of the molecule is CC(C)C1CCC2(CC1)N=C(C1=CC(OCCC(C)(C)C)=CCC1)C(=O)N2[C@H](CCC(C)(C)C)c1ccc(C(=O)NCC(=N)N)cc1. The number of amides is 2. The molecule has 2 aliphatic carbocycles. The van der Waals surface area contributed by atoms with E-state index in [0.717, 1.165) is 74.7 Å². The van der Waals surface area contributed by atoms with Gasteiger partial charge in [0.05, 0.1) is 19.2 Å². The van der Waals surface area contributed by atoms with Crippen LogP contribution in [-0.4, -0.2) is 47.1 Å². The Balaban J connectivity index is 1.70. The van der Waals surface area contributed by atoms with E-state index in [2.05, 4.69) is 77.8 Å². The molecule has 1 atom stereocenters. The first-order valence-electron chi connectivity index (χ1n) is 17.7. The van der Waals surface area contributed by atoms with E-state index < -0.39 is 5.66 Å². The number of carbonyl (C=O) groups excluding carboxylic acids is 2. The highest BCUT2D eigenvalue weighted by atomic mass is 16.5. The number of nitrogens with zero attached hydrogens (tertiary/aromatic N) is 2. The van der Waals surface area contributed by atoms with E-state index in [1.807, 2.05) is 24.3 Å². The number of benzene rings is 1. The fourth-order valence-corrected chi connectivity index (χ4v) is 6.96. The summed E-state index contributed by atoms with van der Waals surface area (Å²) in [6.07, 6.45) is 12.2. The Morgan fingerprint density at radius 2 is 1.72 bits per heavy atom. The summed E-state index contributed by atoms with van der Waals surface area (Å²) in [5.41, 5.74) is 8.20. The summed E-state index contributed by atoms with van der Waals surface area (Å²) in [6, 6.07) is 7.41. The third kappa shape index (κ3) is 9.57. The van der Waals surface area contributed by atoms with Crippen molar-refractivity contribution < 1.29 is 14.3 Å². The maximum Gasteiger partial charge on any atom is 0.274 e. The van der Waals surface area contributed by atoms with Crippen LogP contribution >= 0.6 is 0 Å². The van der Waals surface area contributed by atoms with E-state index in [9.17, 15) is 9.59 Å². The van der Waals surface area contributed by atoms with Gasteiger partial charge in [0, 0.05) is 5.56 Å². The van der Waals surface area contributed by atoms with Crippen molar-refractivity contribution >= 4 is 23.4 Å². The molecule has 0 aromatic heterocycles. The van der Waals surface area contributed by atoms with Gasteiger partial charge >= 0.3 is 0 Å². The van der Waals surface area contributed by atoms with Crippen LogP contribution in [0.4, 0.5) is 0 Å². The molecule has 8 nitrogen and oxygen atoms in total. The highest BCUT2D eigenvalue weighted by Crippen LogP contribution is 2.49. The molecule has 1 aromatic rings. The topological polar surface area (TPSA) is 121 Å². The van der Waals surface area contributed by atoms with E-state index in [1.165, 1.54) is 0 Å². The Morgan fingerprint density at radius 1 is 1.09 bits per heavy atom. The van der Waals surface area contributed by atoms with Gasteiger partial charge in [-0.05, 0) is 116 Å². The molecule has 1 aromatic carbocycles. The van der Waals surface area contributed by atoms with Crippen molar-refractivity contribution in [1.29, 1.82) is 5.41 Å². The lowest BCUT2D eigenvalue weighted by Gasteiger charge is -2.46. The molecule has 0 unspecified atom stereocenters. The lowest BCUT2D eigenvalue weighted by Crippen LogP contribution is -2.51. The van der Waals surface area contributed by atoms with Gasteiger partial charge in [-0.25, -0.2) is 0 Å². The molecule has 0 saturated heterocycles. The maximum atomic E-state index is 14.8.